The van der Waals surface area contributed by atoms with Gasteiger partial charge in [-0.15, -0.1) is 0 Å². The maximum atomic E-state index is 5.59. The van der Waals surface area contributed by atoms with Crippen LogP contribution in [0.15, 0.2) is 46.5 Å². The molecule has 1 aliphatic rings. The fraction of sp³-hybridized carbons (Fsp3) is 0.167. The number of amidine groups is 2. The maximum absolute atomic E-state index is 5.59. The molecule has 4 heteroatoms. The van der Waals surface area contributed by atoms with Gasteiger partial charge in [0.15, 0.2) is 11.7 Å². The molecule has 0 amide bonds. The largest absolute Gasteiger partial charge is 0.494 e. The monoisotopic (exact) mass is 215 g/mol. The molecule has 0 aromatic heterocycles. The molecule has 0 bridgehead atoms. The molecule has 4 nitrogen and oxygen atoms in total. The summed E-state index contributed by atoms with van der Waals surface area (Å²) < 4.78 is 5.35. The van der Waals surface area contributed by atoms with Gasteiger partial charge in [0, 0.05) is 5.56 Å². The standard InChI is InChI=1S/C12H13N3O/c1-3-16-10-6-4-9(5-7-10)12-14-8(2)11(13)15-12/h4-7H,2-3H2,1H3,(H2,13,14,15). The van der Waals surface area contributed by atoms with Gasteiger partial charge in [-0.2, -0.15) is 0 Å². The van der Waals surface area contributed by atoms with Crippen molar-refractivity contribution < 1.29 is 4.74 Å². The molecular formula is C12H13N3O. The Morgan fingerprint density at radius 1 is 1.25 bits per heavy atom. The summed E-state index contributed by atoms with van der Waals surface area (Å²) in [5.41, 5.74) is 7.02. The van der Waals surface area contributed by atoms with Gasteiger partial charge in [0.25, 0.3) is 0 Å². The number of aliphatic imine (C=N–C) groups is 2. The molecule has 0 aliphatic carbocycles. The van der Waals surface area contributed by atoms with Crippen LogP contribution in [-0.2, 0) is 0 Å². The van der Waals surface area contributed by atoms with E-state index in [2.05, 4.69) is 16.6 Å². The van der Waals surface area contributed by atoms with Crippen LogP contribution >= 0.6 is 0 Å². The molecule has 16 heavy (non-hydrogen) atoms. The van der Waals surface area contributed by atoms with Crippen LogP contribution in [0.4, 0.5) is 0 Å². The Balaban J connectivity index is 2.23. The van der Waals surface area contributed by atoms with Gasteiger partial charge in [-0.1, -0.05) is 6.58 Å². The molecule has 0 unspecified atom stereocenters. The minimum atomic E-state index is 0.379. The first-order valence-corrected chi connectivity index (χ1v) is 5.06. The zero-order valence-corrected chi connectivity index (χ0v) is 9.10. The summed E-state index contributed by atoms with van der Waals surface area (Å²) in [5.74, 6) is 1.81. The van der Waals surface area contributed by atoms with Crippen molar-refractivity contribution in [1.29, 1.82) is 0 Å². The van der Waals surface area contributed by atoms with E-state index in [4.69, 9.17) is 10.5 Å². The Morgan fingerprint density at radius 2 is 1.94 bits per heavy atom. The van der Waals surface area contributed by atoms with Crippen molar-refractivity contribution >= 4 is 11.7 Å². The van der Waals surface area contributed by atoms with Crippen molar-refractivity contribution in [2.75, 3.05) is 6.61 Å². The summed E-state index contributed by atoms with van der Waals surface area (Å²) in [7, 11) is 0. The quantitative estimate of drug-likeness (QED) is 0.834. The molecule has 2 rings (SSSR count). The summed E-state index contributed by atoms with van der Waals surface area (Å²) in [5, 5.41) is 0. The van der Waals surface area contributed by atoms with Gasteiger partial charge in [-0.3, -0.25) is 0 Å². The smallest absolute Gasteiger partial charge is 0.162 e. The van der Waals surface area contributed by atoms with Crippen molar-refractivity contribution in [1.82, 2.24) is 0 Å². The first kappa shape index (κ1) is 10.4. The lowest BCUT2D eigenvalue weighted by Crippen LogP contribution is -2.09. The van der Waals surface area contributed by atoms with Gasteiger partial charge in [-0.05, 0) is 31.2 Å². The van der Waals surface area contributed by atoms with E-state index >= 15 is 0 Å². The third-order valence-electron chi connectivity index (χ3n) is 2.19. The van der Waals surface area contributed by atoms with Crippen molar-refractivity contribution in [2.45, 2.75) is 6.92 Å². The minimum Gasteiger partial charge on any atom is -0.494 e. The first-order chi connectivity index (χ1) is 7.70. The summed E-state index contributed by atoms with van der Waals surface area (Å²) in [6, 6.07) is 7.57. The van der Waals surface area contributed by atoms with Crippen molar-refractivity contribution in [3.63, 3.8) is 0 Å². The third kappa shape index (κ3) is 1.95. The molecule has 1 aromatic rings. The summed E-state index contributed by atoms with van der Waals surface area (Å²) >= 11 is 0. The van der Waals surface area contributed by atoms with Crippen LogP contribution in [0, 0.1) is 0 Å². The molecule has 82 valence electrons. The van der Waals surface area contributed by atoms with E-state index in [1.165, 1.54) is 0 Å². The van der Waals surface area contributed by atoms with Crippen LogP contribution in [-0.4, -0.2) is 18.3 Å². The zero-order chi connectivity index (χ0) is 11.5. The summed E-state index contributed by atoms with van der Waals surface area (Å²) in [6.07, 6.45) is 0. The number of hydrogen-bond donors (Lipinski definition) is 1. The van der Waals surface area contributed by atoms with Gasteiger partial charge in [0.1, 0.15) is 11.4 Å². The maximum Gasteiger partial charge on any atom is 0.162 e. The molecule has 1 aliphatic heterocycles. The van der Waals surface area contributed by atoms with Crippen molar-refractivity contribution in [3.05, 3.63) is 42.1 Å². The van der Waals surface area contributed by atoms with Crippen LogP contribution in [0.1, 0.15) is 12.5 Å². The second-order valence-electron chi connectivity index (χ2n) is 3.34. The van der Waals surface area contributed by atoms with Crippen molar-refractivity contribution in [2.24, 2.45) is 15.7 Å². The fourth-order valence-corrected chi connectivity index (χ4v) is 1.38. The van der Waals surface area contributed by atoms with E-state index in [1.54, 1.807) is 0 Å². The number of rotatable bonds is 3. The van der Waals surface area contributed by atoms with Gasteiger partial charge in [0.05, 0.1) is 6.61 Å². The highest BCUT2D eigenvalue weighted by molar-refractivity contribution is 6.16. The molecule has 0 radical (unpaired) electrons. The fourth-order valence-electron chi connectivity index (χ4n) is 1.38. The van der Waals surface area contributed by atoms with E-state index in [-0.39, 0.29) is 0 Å². The van der Waals surface area contributed by atoms with E-state index in [0.29, 0.717) is 24.0 Å². The topological polar surface area (TPSA) is 60.0 Å². The lowest BCUT2D eigenvalue weighted by atomic mass is 10.2. The molecule has 1 aromatic carbocycles. The molecule has 0 spiro atoms. The Morgan fingerprint density at radius 3 is 2.44 bits per heavy atom. The summed E-state index contributed by atoms with van der Waals surface area (Å²) in [6.45, 7) is 6.29. The molecule has 0 fully saturated rings. The van der Waals surface area contributed by atoms with Crippen LogP contribution < -0.4 is 10.5 Å². The molecule has 1 heterocycles. The zero-order valence-electron chi connectivity index (χ0n) is 9.10. The van der Waals surface area contributed by atoms with Crippen LogP contribution in [0.5, 0.6) is 5.75 Å². The minimum absolute atomic E-state index is 0.379. The third-order valence-corrected chi connectivity index (χ3v) is 2.19. The number of hydrogen-bond acceptors (Lipinski definition) is 4. The second-order valence-corrected chi connectivity index (χ2v) is 3.34. The van der Waals surface area contributed by atoms with E-state index in [0.717, 1.165) is 11.3 Å². The lowest BCUT2D eigenvalue weighted by Gasteiger charge is -2.03. The second kappa shape index (κ2) is 4.18. The van der Waals surface area contributed by atoms with E-state index in [1.807, 2.05) is 31.2 Å². The Bertz CT molecular complexity index is 472. The Labute approximate surface area is 94.2 Å². The van der Waals surface area contributed by atoms with Gasteiger partial charge in [-0.25, -0.2) is 9.98 Å². The molecule has 0 saturated carbocycles. The number of nitrogens with two attached hydrogens (primary N) is 1. The van der Waals surface area contributed by atoms with Crippen LogP contribution in [0.3, 0.4) is 0 Å². The van der Waals surface area contributed by atoms with Crippen molar-refractivity contribution in [3.8, 4) is 5.75 Å². The molecular weight excluding hydrogens is 202 g/mol. The first-order valence-electron chi connectivity index (χ1n) is 5.06. The molecule has 0 atom stereocenters. The molecule has 2 N–H and O–H groups in total. The highest BCUT2D eigenvalue weighted by atomic mass is 16.5. The SMILES string of the molecule is C=C1N=C(c2ccc(OCC)cc2)N=C1N. The van der Waals surface area contributed by atoms with Gasteiger partial charge >= 0.3 is 0 Å². The predicted molar refractivity (Wildman–Crippen MR) is 64.9 cm³/mol. The number of ether oxygens (including phenoxy) is 1. The van der Waals surface area contributed by atoms with E-state index < -0.39 is 0 Å². The number of benzene rings is 1. The van der Waals surface area contributed by atoms with Crippen LogP contribution in [0.2, 0.25) is 0 Å². The van der Waals surface area contributed by atoms with Crippen LogP contribution in [0.25, 0.3) is 0 Å². The average Bonchev–Trinajstić information content (AvgIpc) is 2.61. The Hall–Kier alpha value is -2.10. The van der Waals surface area contributed by atoms with E-state index in [9.17, 15) is 0 Å². The average molecular weight is 215 g/mol. The highest BCUT2D eigenvalue weighted by Crippen LogP contribution is 2.16. The summed E-state index contributed by atoms with van der Waals surface area (Å²) in [4.78, 5) is 8.29. The normalized spacial score (nSPS) is 14.7. The van der Waals surface area contributed by atoms with Gasteiger partial charge < -0.3 is 10.5 Å². The highest BCUT2D eigenvalue weighted by Gasteiger charge is 2.12. The van der Waals surface area contributed by atoms with Gasteiger partial charge in [0.2, 0.25) is 0 Å². The lowest BCUT2D eigenvalue weighted by molar-refractivity contribution is 0.340. The predicted octanol–water partition coefficient (Wildman–Crippen LogP) is 1.72. The number of nitrogens with zero attached hydrogens (tertiary/aromatic N) is 2. The molecule has 0 saturated heterocycles. The Kier molecular flexibility index (Phi) is 2.72.